The number of amides is 1. The Morgan fingerprint density at radius 3 is 2.57 bits per heavy atom. The van der Waals surface area contributed by atoms with E-state index in [9.17, 15) is 9.59 Å². The lowest BCUT2D eigenvalue weighted by Crippen LogP contribution is -2.29. The van der Waals surface area contributed by atoms with Crippen LogP contribution in [0.2, 0.25) is 0 Å². The molecular formula is C16H16N2O3. The minimum Gasteiger partial charge on any atom is -0.478 e. The molecule has 108 valence electrons. The van der Waals surface area contributed by atoms with E-state index in [1.807, 2.05) is 38.1 Å². The molecule has 1 aromatic heterocycles. The highest BCUT2D eigenvalue weighted by Gasteiger charge is 2.19. The average Bonchev–Trinajstić information content (AvgIpc) is 2.47. The maximum atomic E-state index is 12.2. The minimum absolute atomic E-state index is 0.0783. The standard InChI is InChI=1S/C16H16N2O3/c1-10-6-3-4-7-12(10)11(2)18-15(19)14-13(16(20)21)8-5-9-17-14/h3-9,11H,1-2H3,(H,18,19)(H,20,21)/t11-/m1/s1. The third kappa shape index (κ3) is 3.25. The summed E-state index contributed by atoms with van der Waals surface area (Å²) in [4.78, 5) is 27.2. The number of aromatic carboxylic acids is 1. The summed E-state index contributed by atoms with van der Waals surface area (Å²) in [6, 6.07) is 10.3. The second-order valence-electron chi connectivity index (χ2n) is 4.76. The average molecular weight is 284 g/mol. The van der Waals surface area contributed by atoms with Gasteiger partial charge in [-0.15, -0.1) is 0 Å². The van der Waals surface area contributed by atoms with Crippen molar-refractivity contribution in [2.45, 2.75) is 19.9 Å². The second kappa shape index (κ2) is 6.17. The van der Waals surface area contributed by atoms with E-state index in [4.69, 9.17) is 5.11 Å². The molecule has 0 fully saturated rings. The molecule has 0 saturated heterocycles. The molecule has 0 spiro atoms. The van der Waals surface area contributed by atoms with Crippen molar-refractivity contribution >= 4 is 11.9 Å². The highest BCUT2D eigenvalue weighted by Crippen LogP contribution is 2.17. The summed E-state index contributed by atoms with van der Waals surface area (Å²) >= 11 is 0. The fourth-order valence-corrected chi connectivity index (χ4v) is 2.17. The molecule has 5 heteroatoms. The van der Waals surface area contributed by atoms with Gasteiger partial charge in [-0.1, -0.05) is 24.3 Å². The second-order valence-corrected chi connectivity index (χ2v) is 4.76. The molecule has 1 atom stereocenters. The van der Waals surface area contributed by atoms with E-state index in [1.54, 1.807) is 0 Å². The first-order valence-electron chi connectivity index (χ1n) is 6.55. The maximum Gasteiger partial charge on any atom is 0.338 e. The molecule has 0 saturated carbocycles. The number of aromatic nitrogens is 1. The third-order valence-electron chi connectivity index (χ3n) is 3.26. The van der Waals surface area contributed by atoms with Crippen LogP contribution in [-0.2, 0) is 0 Å². The van der Waals surface area contributed by atoms with Gasteiger partial charge in [0.25, 0.3) is 5.91 Å². The molecule has 1 aromatic carbocycles. The van der Waals surface area contributed by atoms with Crippen LogP contribution in [0.1, 0.15) is 44.9 Å². The van der Waals surface area contributed by atoms with Crippen molar-refractivity contribution in [3.05, 3.63) is 65.0 Å². The third-order valence-corrected chi connectivity index (χ3v) is 3.26. The molecule has 1 amide bonds. The topological polar surface area (TPSA) is 79.3 Å². The number of rotatable bonds is 4. The van der Waals surface area contributed by atoms with Crippen LogP contribution in [0.15, 0.2) is 42.6 Å². The van der Waals surface area contributed by atoms with Crippen LogP contribution >= 0.6 is 0 Å². The van der Waals surface area contributed by atoms with Gasteiger partial charge in [-0.2, -0.15) is 0 Å². The van der Waals surface area contributed by atoms with Crippen molar-refractivity contribution in [3.8, 4) is 0 Å². The molecule has 1 heterocycles. The van der Waals surface area contributed by atoms with E-state index in [0.29, 0.717) is 0 Å². The molecule has 0 aliphatic rings. The first kappa shape index (κ1) is 14.7. The highest BCUT2D eigenvalue weighted by molar-refractivity contribution is 6.03. The molecule has 2 rings (SSSR count). The van der Waals surface area contributed by atoms with Gasteiger partial charge in [0, 0.05) is 6.20 Å². The Hall–Kier alpha value is -2.69. The number of pyridine rings is 1. The van der Waals surface area contributed by atoms with Crippen molar-refractivity contribution < 1.29 is 14.7 Å². The molecule has 0 aliphatic heterocycles. The van der Waals surface area contributed by atoms with Gasteiger partial charge in [-0.05, 0) is 37.1 Å². The summed E-state index contributed by atoms with van der Waals surface area (Å²) in [5, 5.41) is 11.9. The molecule has 5 nitrogen and oxygen atoms in total. The minimum atomic E-state index is -1.17. The van der Waals surface area contributed by atoms with E-state index < -0.39 is 11.9 Å². The number of hydrogen-bond donors (Lipinski definition) is 2. The molecule has 2 aromatic rings. The smallest absolute Gasteiger partial charge is 0.338 e. The number of aryl methyl sites for hydroxylation is 1. The summed E-state index contributed by atoms with van der Waals surface area (Å²) in [7, 11) is 0. The van der Waals surface area contributed by atoms with Crippen LogP contribution in [0.25, 0.3) is 0 Å². The fourth-order valence-electron chi connectivity index (χ4n) is 2.17. The molecule has 0 aliphatic carbocycles. The monoisotopic (exact) mass is 284 g/mol. The Morgan fingerprint density at radius 1 is 1.19 bits per heavy atom. The van der Waals surface area contributed by atoms with E-state index >= 15 is 0 Å². The van der Waals surface area contributed by atoms with Gasteiger partial charge < -0.3 is 10.4 Å². The van der Waals surface area contributed by atoms with Crippen molar-refractivity contribution in [1.29, 1.82) is 0 Å². The largest absolute Gasteiger partial charge is 0.478 e. The number of carbonyl (C=O) groups excluding carboxylic acids is 1. The molecule has 2 N–H and O–H groups in total. The molecule has 21 heavy (non-hydrogen) atoms. The number of carboxylic acid groups (broad SMARTS) is 1. The summed E-state index contributed by atoms with van der Waals surface area (Å²) < 4.78 is 0. The number of carboxylic acids is 1. The lowest BCUT2D eigenvalue weighted by molar-refractivity contribution is 0.0689. The van der Waals surface area contributed by atoms with Gasteiger partial charge in [0.1, 0.15) is 5.69 Å². The summed E-state index contributed by atoms with van der Waals surface area (Å²) in [6.45, 7) is 3.81. The Morgan fingerprint density at radius 2 is 1.90 bits per heavy atom. The number of carbonyl (C=O) groups is 2. The first-order chi connectivity index (χ1) is 10.0. The Kier molecular flexibility index (Phi) is 4.33. The highest BCUT2D eigenvalue weighted by atomic mass is 16.4. The number of nitrogens with zero attached hydrogens (tertiary/aromatic N) is 1. The molecule has 0 bridgehead atoms. The van der Waals surface area contributed by atoms with Gasteiger partial charge >= 0.3 is 5.97 Å². The Balaban J connectivity index is 2.23. The SMILES string of the molecule is Cc1ccccc1[C@@H](C)NC(=O)c1ncccc1C(=O)O. The molecular weight excluding hydrogens is 268 g/mol. The van der Waals surface area contributed by atoms with Crippen LogP contribution in [-0.4, -0.2) is 22.0 Å². The van der Waals surface area contributed by atoms with Crippen LogP contribution < -0.4 is 5.32 Å². The van der Waals surface area contributed by atoms with E-state index in [1.165, 1.54) is 18.3 Å². The van der Waals surface area contributed by atoms with Crippen LogP contribution in [0.3, 0.4) is 0 Å². The number of hydrogen-bond acceptors (Lipinski definition) is 3. The summed E-state index contributed by atoms with van der Waals surface area (Å²) in [5.74, 6) is -1.67. The van der Waals surface area contributed by atoms with Gasteiger partial charge in [0.15, 0.2) is 0 Å². The molecule has 0 unspecified atom stereocenters. The summed E-state index contributed by atoms with van der Waals surface area (Å²) in [6.07, 6.45) is 1.40. The predicted octanol–water partition coefficient (Wildman–Crippen LogP) is 2.58. The predicted molar refractivity (Wildman–Crippen MR) is 78.3 cm³/mol. The lowest BCUT2D eigenvalue weighted by Gasteiger charge is -2.16. The van der Waals surface area contributed by atoms with Crippen LogP contribution in [0, 0.1) is 6.92 Å². The quantitative estimate of drug-likeness (QED) is 0.904. The number of nitrogens with one attached hydrogen (secondary N) is 1. The van der Waals surface area contributed by atoms with Gasteiger partial charge in [-0.25, -0.2) is 4.79 Å². The lowest BCUT2D eigenvalue weighted by atomic mass is 10.0. The zero-order valence-corrected chi connectivity index (χ0v) is 11.8. The van der Waals surface area contributed by atoms with E-state index in [-0.39, 0.29) is 17.3 Å². The van der Waals surface area contributed by atoms with Crippen molar-refractivity contribution in [2.24, 2.45) is 0 Å². The normalized spacial score (nSPS) is 11.7. The van der Waals surface area contributed by atoms with Crippen LogP contribution in [0.4, 0.5) is 0 Å². The Labute approximate surface area is 122 Å². The zero-order chi connectivity index (χ0) is 15.4. The van der Waals surface area contributed by atoms with Crippen molar-refractivity contribution in [3.63, 3.8) is 0 Å². The van der Waals surface area contributed by atoms with Gasteiger partial charge in [0.05, 0.1) is 11.6 Å². The fraction of sp³-hybridized carbons (Fsp3) is 0.188. The van der Waals surface area contributed by atoms with Gasteiger partial charge in [-0.3, -0.25) is 9.78 Å². The molecule has 0 radical (unpaired) electrons. The zero-order valence-electron chi connectivity index (χ0n) is 11.8. The maximum absolute atomic E-state index is 12.2. The first-order valence-corrected chi connectivity index (χ1v) is 6.55. The Bertz CT molecular complexity index is 683. The van der Waals surface area contributed by atoms with Crippen molar-refractivity contribution in [2.75, 3.05) is 0 Å². The van der Waals surface area contributed by atoms with Gasteiger partial charge in [0.2, 0.25) is 0 Å². The summed E-state index contributed by atoms with van der Waals surface area (Å²) in [5.41, 5.74) is 1.86. The van der Waals surface area contributed by atoms with Crippen molar-refractivity contribution in [1.82, 2.24) is 10.3 Å². The van der Waals surface area contributed by atoms with Crippen LogP contribution in [0.5, 0.6) is 0 Å². The van der Waals surface area contributed by atoms with E-state index in [2.05, 4.69) is 10.3 Å². The number of benzene rings is 1. The van der Waals surface area contributed by atoms with E-state index in [0.717, 1.165) is 11.1 Å².